The molecule has 0 atom stereocenters. The average molecular weight is 324 g/mol. The number of amides is 1. The SMILES string of the molecule is COc1cccc(-c2n[nH]nc2C(N)=O)c1OCc1ccccc1. The van der Waals surface area contributed by atoms with Crippen LogP contribution in [0.4, 0.5) is 0 Å². The summed E-state index contributed by atoms with van der Waals surface area (Å²) in [6.07, 6.45) is 0. The fraction of sp³-hybridized carbons (Fsp3) is 0.118. The zero-order valence-corrected chi connectivity index (χ0v) is 13.0. The Kier molecular flexibility index (Phi) is 4.42. The lowest BCUT2D eigenvalue weighted by atomic mass is 10.1. The van der Waals surface area contributed by atoms with Crippen molar-refractivity contribution in [2.75, 3.05) is 7.11 Å². The summed E-state index contributed by atoms with van der Waals surface area (Å²) in [5.74, 6) is 0.331. The molecule has 0 saturated carbocycles. The van der Waals surface area contributed by atoms with Gasteiger partial charge in [0.05, 0.1) is 12.7 Å². The summed E-state index contributed by atoms with van der Waals surface area (Å²) < 4.78 is 11.3. The molecule has 7 nitrogen and oxygen atoms in total. The van der Waals surface area contributed by atoms with E-state index < -0.39 is 5.91 Å². The molecule has 24 heavy (non-hydrogen) atoms. The Morgan fingerprint density at radius 1 is 1.12 bits per heavy atom. The van der Waals surface area contributed by atoms with Crippen LogP contribution in [0.2, 0.25) is 0 Å². The second-order valence-corrected chi connectivity index (χ2v) is 5.00. The van der Waals surface area contributed by atoms with Gasteiger partial charge in [0.15, 0.2) is 17.2 Å². The van der Waals surface area contributed by atoms with Crippen molar-refractivity contribution >= 4 is 5.91 Å². The predicted octanol–water partition coefficient (Wildman–Crippen LogP) is 2.16. The first kappa shape index (κ1) is 15.5. The molecule has 0 spiro atoms. The number of aromatic nitrogens is 3. The summed E-state index contributed by atoms with van der Waals surface area (Å²) in [5.41, 5.74) is 7.30. The van der Waals surface area contributed by atoms with Crippen molar-refractivity contribution < 1.29 is 14.3 Å². The zero-order valence-electron chi connectivity index (χ0n) is 13.0. The van der Waals surface area contributed by atoms with Gasteiger partial charge in [0.1, 0.15) is 12.3 Å². The maximum absolute atomic E-state index is 11.5. The van der Waals surface area contributed by atoms with Gasteiger partial charge in [0.2, 0.25) is 0 Å². The first-order valence-electron chi connectivity index (χ1n) is 7.25. The Bertz CT molecular complexity index is 846. The van der Waals surface area contributed by atoms with Gasteiger partial charge in [-0.05, 0) is 17.7 Å². The zero-order chi connectivity index (χ0) is 16.9. The van der Waals surface area contributed by atoms with E-state index >= 15 is 0 Å². The van der Waals surface area contributed by atoms with Crippen LogP contribution in [0.25, 0.3) is 11.3 Å². The minimum Gasteiger partial charge on any atom is -0.493 e. The molecule has 0 aliphatic carbocycles. The van der Waals surface area contributed by atoms with E-state index in [0.717, 1.165) is 5.56 Å². The highest BCUT2D eigenvalue weighted by atomic mass is 16.5. The largest absolute Gasteiger partial charge is 0.493 e. The van der Waals surface area contributed by atoms with Gasteiger partial charge in [0.25, 0.3) is 5.91 Å². The Morgan fingerprint density at radius 2 is 1.92 bits per heavy atom. The Morgan fingerprint density at radius 3 is 2.62 bits per heavy atom. The number of rotatable bonds is 6. The fourth-order valence-corrected chi connectivity index (χ4v) is 2.33. The number of nitrogens with one attached hydrogen (secondary N) is 1. The minimum absolute atomic E-state index is 0.0489. The van der Waals surface area contributed by atoms with E-state index in [1.807, 2.05) is 30.3 Å². The van der Waals surface area contributed by atoms with E-state index in [1.54, 1.807) is 25.3 Å². The fourth-order valence-electron chi connectivity index (χ4n) is 2.33. The summed E-state index contributed by atoms with van der Waals surface area (Å²) in [5, 5.41) is 10.2. The number of H-pyrrole nitrogens is 1. The first-order valence-corrected chi connectivity index (χ1v) is 7.25. The third-order valence-electron chi connectivity index (χ3n) is 3.46. The summed E-state index contributed by atoms with van der Waals surface area (Å²) >= 11 is 0. The predicted molar refractivity (Wildman–Crippen MR) is 87.7 cm³/mol. The number of aromatic amines is 1. The lowest BCUT2D eigenvalue weighted by molar-refractivity contribution is 0.0996. The van der Waals surface area contributed by atoms with Crippen LogP contribution in [0.15, 0.2) is 48.5 Å². The van der Waals surface area contributed by atoms with Gasteiger partial charge in [0, 0.05) is 0 Å². The number of nitrogens with zero attached hydrogens (tertiary/aromatic N) is 2. The Labute approximate surface area is 138 Å². The van der Waals surface area contributed by atoms with Crippen molar-refractivity contribution in [1.29, 1.82) is 0 Å². The number of para-hydroxylation sites is 1. The molecule has 3 aromatic rings. The van der Waals surface area contributed by atoms with E-state index in [2.05, 4.69) is 15.4 Å². The molecule has 1 aromatic heterocycles. The molecule has 1 heterocycles. The van der Waals surface area contributed by atoms with E-state index in [4.69, 9.17) is 15.2 Å². The van der Waals surface area contributed by atoms with Gasteiger partial charge >= 0.3 is 0 Å². The minimum atomic E-state index is -0.671. The number of methoxy groups -OCH3 is 1. The Balaban J connectivity index is 2.00. The van der Waals surface area contributed by atoms with Gasteiger partial charge in [-0.25, -0.2) is 0 Å². The van der Waals surface area contributed by atoms with Gasteiger partial charge < -0.3 is 15.2 Å². The van der Waals surface area contributed by atoms with E-state index in [0.29, 0.717) is 29.4 Å². The van der Waals surface area contributed by atoms with Gasteiger partial charge in [-0.2, -0.15) is 15.4 Å². The van der Waals surface area contributed by atoms with E-state index in [9.17, 15) is 4.79 Å². The van der Waals surface area contributed by atoms with Crippen LogP contribution in [0.5, 0.6) is 11.5 Å². The Hall–Kier alpha value is -3.35. The molecule has 0 saturated heterocycles. The van der Waals surface area contributed by atoms with Crippen LogP contribution in [-0.2, 0) is 6.61 Å². The second kappa shape index (κ2) is 6.82. The van der Waals surface area contributed by atoms with Crippen molar-refractivity contribution in [3.05, 3.63) is 59.8 Å². The molecule has 3 N–H and O–H groups in total. The molecule has 1 amide bonds. The number of hydrogen-bond donors (Lipinski definition) is 2. The molecule has 0 fully saturated rings. The maximum atomic E-state index is 11.5. The van der Waals surface area contributed by atoms with Crippen molar-refractivity contribution in [2.45, 2.75) is 6.61 Å². The molecule has 0 aliphatic rings. The van der Waals surface area contributed by atoms with Crippen LogP contribution >= 0.6 is 0 Å². The summed E-state index contributed by atoms with van der Waals surface area (Å²) in [6, 6.07) is 15.0. The van der Waals surface area contributed by atoms with Crippen LogP contribution in [0, 0.1) is 0 Å². The van der Waals surface area contributed by atoms with Crippen LogP contribution in [-0.4, -0.2) is 28.4 Å². The molecule has 0 aliphatic heterocycles. The van der Waals surface area contributed by atoms with Crippen molar-refractivity contribution in [2.24, 2.45) is 5.73 Å². The van der Waals surface area contributed by atoms with Gasteiger partial charge in [-0.1, -0.05) is 36.4 Å². The van der Waals surface area contributed by atoms with Gasteiger partial charge in [-0.15, -0.1) is 0 Å². The third kappa shape index (κ3) is 3.05. The third-order valence-corrected chi connectivity index (χ3v) is 3.46. The second-order valence-electron chi connectivity index (χ2n) is 5.00. The molecule has 122 valence electrons. The molecule has 2 aromatic carbocycles. The van der Waals surface area contributed by atoms with Crippen molar-refractivity contribution in [3.63, 3.8) is 0 Å². The number of primary amides is 1. The lowest BCUT2D eigenvalue weighted by Crippen LogP contribution is -2.13. The summed E-state index contributed by atoms with van der Waals surface area (Å²) in [4.78, 5) is 11.5. The number of carbonyl (C=O) groups is 1. The first-order chi connectivity index (χ1) is 11.7. The normalized spacial score (nSPS) is 10.4. The van der Waals surface area contributed by atoms with Crippen molar-refractivity contribution in [1.82, 2.24) is 15.4 Å². The number of ether oxygens (including phenoxy) is 2. The molecule has 3 rings (SSSR count). The standard InChI is InChI=1S/C17H16N4O3/c1-23-13-9-5-8-12(14-15(17(18)22)20-21-19-14)16(13)24-10-11-6-3-2-4-7-11/h2-9H,10H2,1H3,(H2,18,22)(H,19,20,21). The lowest BCUT2D eigenvalue weighted by Gasteiger charge is -2.14. The quantitative estimate of drug-likeness (QED) is 0.723. The maximum Gasteiger partial charge on any atom is 0.271 e. The van der Waals surface area contributed by atoms with Gasteiger partial charge in [-0.3, -0.25) is 4.79 Å². The highest BCUT2D eigenvalue weighted by Gasteiger charge is 2.21. The van der Waals surface area contributed by atoms with Crippen LogP contribution < -0.4 is 15.2 Å². The van der Waals surface area contributed by atoms with Crippen molar-refractivity contribution in [3.8, 4) is 22.8 Å². The van der Waals surface area contributed by atoms with E-state index in [-0.39, 0.29) is 5.69 Å². The number of nitrogens with two attached hydrogens (primary N) is 1. The summed E-state index contributed by atoms with van der Waals surface area (Å²) in [6.45, 7) is 0.345. The highest BCUT2D eigenvalue weighted by Crippen LogP contribution is 2.38. The molecule has 0 unspecified atom stereocenters. The smallest absolute Gasteiger partial charge is 0.271 e. The topological polar surface area (TPSA) is 103 Å². The number of hydrogen-bond acceptors (Lipinski definition) is 5. The number of carbonyl (C=O) groups excluding carboxylic acids is 1. The van der Waals surface area contributed by atoms with Crippen LogP contribution in [0.3, 0.4) is 0 Å². The van der Waals surface area contributed by atoms with Crippen LogP contribution in [0.1, 0.15) is 16.1 Å². The monoisotopic (exact) mass is 324 g/mol. The molecular formula is C17H16N4O3. The average Bonchev–Trinajstić information content (AvgIpc) is 3.10. The number of benzene rings is 2. The molecule has 0 bridgehead atoms. The molecule has 7 heteroatoms. The van der Waals surface area contributed by atoms with E-state index in [1.165, 1.54) is 0 Å². The molecular weight excluding hydrogens is 308 g/mol. The highest BCUT2D eigenvalue weighted by molar-refractivity contribution is 5.97. The summed E-state index contributed by atoms with van der Waals surface area (Å²) in [7, 11) is 1.55. The molecule has 0 radical (unpaired) electrons.